The van der Waals surface area contributed by atoms with Crippen LogP contribution >= 0.6 is 15.9 Å². The molecule has 1 aromatic carbocycles. The highest BCUT2D eigenvalue weighted by molar-refractivity contribution is 9.10. The number of nitriles is 1. The molecule has 1 heterocycles. The molecule has 0 radical (unpaired) electrons. The van der Waals surface area contributed by atoms with Gasteiger partial charge in [0.05, 0.1) is 23.3 Å². The summed E-state index contributed by atoms with van der Waals surface area (Å²) in [5.41, 5.74) is 2.41. The lowest BCUT2D eigenvalue weighted by Gasteiger charge is -2.04. The monoisotopic (exact) mass is 261 g/mol. The van der Waals surface area contributed by atoms with Gasteiger partial charge in [-0.2, -0.15) is 5.26 Å². The van der Waals surface area contributed by atoms with Gasteiger partial charge in [-0.3, -0.25) is 0 Å². The Balaban J connectivity index is 2.58. The summed E-state index contributed by atoms with van der Waals surface area (Å²) in [6.07, 6.45) is 3.60. The topological polar surface area (TPSA) is 41.6 Å². The Morgan fingerprint density at radius 1 is 1.47 bits per heavy atom. The highest BCUT2D eigenvalue weighted by Gasteiger charge is 2.04. The minimum atomic E-state index is 0.627. The lowest BCUT2D eigenvalue weighted by atomic mass is 10.2. The highest BCUT2D eigenvalue weighted by atomic mass is 79.9. The molecule has 3 nitrogen and oxygen atoms in total. The zero-order chi connectivity index (χ0) is 10.8. The van der Waals surface area contributed by atoms with Crippen molar-refractivity contribution < 1.29 is 0 Å². The van der Waals surface area contributed by atoms with Crippen LogP contribution in [0.15, 0.2) is 35.2 Å². The second-order valence-electron chi connectivity index (χ2n) is 3.20. The second kappa shape index (κ2) is 3.87. The van der Waals surface area contributed by atoms with E-state index in [1.54, 1.807) is 12.4 Å². The number of hydrogen-bond donors (Lipinski definition) is 0. The van der Waals surface area contributed by atoms with Gasteiger partial charge >= 0.3 is 0 Å². The first kappa shape index (κ1) is 9.94. The number of rotatable bonds is 1. The maximum Gasteiger partial charge on any atom is 0.101 e. The number of imidazole rings is 1. The molecule has 1 aromatic heterocycles. The number of halogens is 1. The van der Waals surface area contributed by atoms with Gasteiger partial charge < -0.3 is 4.57 Å². The summed E-state index contributed by atoms with van der Waals surface area (Å²) in [6.45, 7) is 1.92. The molecule has 0 saturated carbocycles. The van der Waals surface area contributed by atoms with E-state index in [9.17, 15) is 0 Å². The first-order valence-corrected chi connectivity index (χ1v) is 5.20. The number of aryl methyl sites for hydroxylation is 1. The summed E-state index contributed by atoms with van der Waals surface area (Å²) >= 11 is 3.34. The van der Waals surface area contributed by atoms with Gasteiger partial charge in [-0.15, -0.1) is 0 Å². The van der Waals surface area contributed by atoms with Crippen LogP contribution in [0.25, 0.3) is 5.69 Å². The van der Waals surface area contributed by atoms with Crippen LogP contribution in [0, 0.1) is 18.3 Å². The fraction of sp³-hybridized carbons (Fsp3) is 0.0909. The second-order valence-corrected chi connectivity index (χ2v) is 4.11. The van der Waals surface area contributed by atoms with Crippen molar-refractivity contribution in [1.29, 1.82) is 5.26 Å². The van der Waals surface area contributed by atoms with Crippen molar-refractivity contribution in [1.82, 2.24) is 9.55 Å². The van der Waals surface area contributed by atoms with Gasteiger partial charge in [0.25, 0.3) is 0 Å². The highest BCUT2D eigenvalue weighted by Crippen LogP contribution is 2.19. The minimum absolute atomic E-state index is 0.627. The molecule has 0 aliphatic carbocycles. The van der Waals surface area contributed by atoms with Crippen LogP contribution in [-0.2, 0) is 0 Å². The maximum absolute atomic E-state index is 9.01. The fourth-order valence-electron chi connectivity index (χ4n) is 1.38. The van der Waals surface area contributed by atoms with E-state index in [1.165, 1.54) is 0 Å². The van der Waals surface area contributed by atoms with Gasteiger partial charge in [0.2, 0.25) is 0 Å². The SMILES string of the molecule is Cc1cn(-c2ccc(Br)cc2C#N)cn1. The first-order valence-electron chi connectivity index (χ1n) is 4.41. The van der Waals surface area contributed by atoms with Crippen LogP contribution in [0.2, 0.25) is 0 Å². The van der Waals surface area contributed by atoms with Crippen LogP contribution in [0.3, 0.4) is 0 Å². The van der Waals surface area contributed by atoms with E-state index in [0.29, 0.717) is 5.56 Å². The molecule has 0 unspecified atom stereocenters. The Morgan fingerprint density at radius 3 is 2.87 bits per heavy atom. The molecule has 0 aliphatic heterocycles. The molecule has 0 saturated heterocycles. The normalized spacial score (nSPS) is 9.93. The Morgan fingerprint density at radius 2 is 2.27 bits per heavy atom. The third-order valence-electron chi connectivity index (χ3n) is 2.07. The Labute approximate surface area is 96.1 Å². The summed E-state index contributed by atoms with van der Waals surface area (Å²) in [5, 5.41) is 9.01. The summed E-state index contributed by atoms with van der Waals surface area (Å²) in [7, 11) is 0. The standard InChI is InChI=1S/C11H8BrN3/c1-8-6-15(7-14-8)11-3-2-10(12)4-9(11)5-13/h2-4,6-7H,1H3. The molecule has 74 valence electrons. The number of benzene rings is 1. The van der Waals surface area contributed by atoms with Gasteiger partial charge in [-0.25, -0.2) is 4.98 Å². The minimum Gasteiger partial charge on any atom is -0.305 e. The quantitative estimate of drug-likeness (QED) is 0.792. The molecule has 0 spiro atoms. The van der Waals surface area contributed by atoms with E-state index < -0.39 is 0 Å². The van der Waals surface area contributed by atoms with Gasteiger partial charge in [-0.05, 0) is 25.1 Å². The Kier molecular flexibility index (Phi) is 2.57. The van der Waals surface area contributed by atoms with Crippen LogP contribution in [0.4, 0.5) is 0 Å². The van der Waals surface area contributed by atoms with Crippen LogP contribution in [0.1, 0.15) is 11.3 Å². The Hall–Kier alpha value is -1.60. The van der Waals surface area contributed by atoms with E-state index in [-0.39, 0.29) is 0 Å². The van der Waals surface area contributed by atoms with E-state index in [0.717, 1.165) is 15.9 Å². The molecule has 0 bridgehead atoms. The predicted molar refractivity (Wildman–Crippen MR) is 60.7 cm³/mol. The van der Waals surface area contributed by atoms with Crippen molar-refractivity contribution in [3.05, 3.63) is 46.5 Å². The Bertz CT molecular complexity index is 537. The average Bonchev–Trinajstić information content (AvgIpc) is 2.64. The van der Waals surface area contributed by atoms with Crippen LogP contribution in [-0.4, -0.2) is 9.55 Å². The third kappa shape index (κ3) is 1.92. The number of hydrogen-bond acceptors (Lipinski definition) is 2. The molecule has 4 heteroatoms. The summed E-state index contributed by atoms with van der Waals surface area (Å²) in [6, 6.07) is 7.76. The number of nitrogens with zero attached hydrogens (tertiary/aromatic N) is 3. The molecule has 0 atom stereocenters. The van der Waals surface area contributed by atoms with Crippen molar-refractivity contribution in [2.75, 3.05) is 0 Å². The fourth-order valence-corrected chi connectivity index (χ4v) is 1.74. The predicted octanol–water partition coefficient (Wildman–Crippen LogP) is 2.81. The van der Waals surface area contributed by atoms with Crippen LogP contribution < -0.4 is 0 Å². The van der Waals surface area contributed by atoms with Gasteiger partial charge in [0, 0.05) is 10.7 Å². The smallest absolute Gasteiger partial charge is 0.101 e. The molecule has 0 amide bonds. The van der Waals surface area contributed by atoms with Gasteiger partial charge in [0.1, 0.15) is 6.07 Å². The van der Waals surface area contributed by atoms with E-state index in [1.807, 2.05) is 29.8 Å². The van der Waals surface area contributed by atoms with Gasteiger partial charge in [0.15, 0.2) is 0 Å². The van der Waals surface area contributed by atoms with E-state index in [4.69, 9.17) is 5.26 Å². The molecular weight excluding hydrogens is 254 g/mol. The van der Waals surface area contributed by atoms with Crippen molar-refractivity contribution in [3.8, 4) is 11.8 Å². The molecule has 0 fully saturated rings. The zero-order valence-electron chi connectivity index (χ0n) is 8.11. The molecular formula is C11H8BrN3. The van der Waals surface area contributed by atoms with Gasteiger partial charge in [-0.1, -0.05) is 15.9 Å². The largest absolute Gasteiger partial charge is 0.305 e. The zero-order valence-corrected chi connectivity index (χ0v) is 9.69. The molecule has 0 N–H and O–H groups in total. The molecule has 2 rings (SSSR count). The van der Waals surface area contributed by atoms with Crippen molar-refractivity contribution in [3.63, 3.8) is 0 Å². The van der Waals surface area contributed by atoms with Crippen LogP contribution in [0.5, 0.6) is 0 Å². The van der Waals surface area contributed by atoms with E-state index in [2.05, 4.69) is 27.0 Å². The number of aromatic nitrogens is 2. The summed E-state index contributed by atoms with van der Waals surface area (Å²) in [4.78, 5) is 4.13. The molecule has 2 aromatic rings. The summed E-state index contributed by atoms with van der Waals surface area (Å²) in [5.74, 6) is 0. The van der Waals surface area contributed by atoms with Crippen molar-refractivity contribution >= 4 is 15.9 Å². The van der Waals surface area contributed by atoms with Crippen molar-refractivity contribution in [2.45, 2.75) is 6.92 Å². The average molecular weight is 262 g/mol. The van der Waals surface area contributed by atoms with Crippen molar-refractivity contribution in [2.24, 2.45) is 0 Å². The lowest BCUT2D eigenvalue weighted by Crippen LogP contribution is -1.94. The van der Waals surface area contributed by atoms with E-state index >= 15 is 0 Å². The third-order valence-corrected chi connectivity index (χ3v) is 2.56. The summed E-state index contributed by atoms with van der Waals surface area (Å²) < 4.78 is 2.75. The molecule has 15 heavy (non-hydrogen) atoms. The maximum atomic E-state index is 9.01. The lowest BCUT2D eigenvalue weighted by molar-refractivity contribution is 1.05. The molecule has 0 aliphatic rings. The first-order chi connectivity index (χ1) is 7.20.